The van der Waals surface area contributed by atoms with Crippen molar-refractivity contribution >= 4 is 9.52 Å². The van der Waals surface area contributed by atoms with Crippen molar-refractivity contribution in [1.29, 1.82) is 0 Å². The zero-order chi connectivity index (χ0) is 15.5. The van der Waals surface area contributed by atoms with E-state index in [1.54, 1.807) is 6.07 Å². The maximum absolute atomic E-state index is 13.4. The largest absolute Gasteiger partial charge is 0.204 e. The molecule has 0 nitrogen and oxygen atoms in total. The Hall–Kier alpha value is -0.703. The van der Waals surface area contributed by atoms with Crippen LogP contribution >= 0.6 is 0 Å². The summed E-state index contributed by atoms with van der Waals surface area (Å²) in [6, 6.07) is 4.48. The molecule has 0 N–H and O–H groups in total. The average Bonchev–Trinajstić information content (AvgIpc) is 2.58. The van der Waals surface area contributed by atoms with Crippen LogP contribution in [0.1, 0.15) is 62.8 Å². The SMILES string of the molecule is C[SiH2][C@H]1CC[C@H](C2CCC(c3ccc(F)c(F)c3)CC2)CC1. The fourth-order valence-corrected chi connectivity index (χ4v) is 6.05. The second-order valence-electron chi connectivity index (χ2n) is 7.47. The summed E-state index contributed by atoms with van der Waals surface area (Å²) in [7, 11) is 0.200. The van der Waals surface area contributed by atoms with E-state index in [9.17, 15) is 8.78 Å². The van der Waals surface area contributed by atoms with E-state index in [1.165, 1.54) is 50.7 Å². The van der Waals surface area contributed by atoms with Gasteiger partial charge in [-0.3, -0.25) is 0 Å². The first kappa shape index (κ1) is 16.2. The lowest BCUT2D eigenvalue weighted by Crippen LogP contribution is -2.25. The van der Waals surface area contributed by atoms with E-state index in [2.05, 4.69) is 6.55 Å². The molecule has 122 valence electrons. The van der Waals surface area contributed by atoms with Gasteiger partial charge in [0, 0.05) is 9.52 Å². The molecular formula is C19H28F2Si. The first-order valence-electron chi connectivity index (χ1n) is 9.12. The van der Waals surface area contributed by atoms with Crippen molar-refractivity contribution in [2.75, 3.05) is 0 Å². The van der Waals surface area contributed by atoms with Gasteiger partial charge >= 0.3 is 0 Å². The molecule has 0 atom stereocenters. The second kappa shape index (κ2) is 7.25. The third-order valence-electron chi connectivity index (χ3n) is 6.32. The van der Waals surface area contributed by atoms with Gasteiger partial charge in [-0.15, -0.1) is 0 Å². The van der Waals surface area contributed by atoms with Crippen LogP contribution in [-0.4, -0.2) is 9.52 Å². The summed E-state index contributed by atoms with van der Waals surface area (Å²) >= 11 is 0. The Morgan fingerprint density at radius 2 is 1.41 bits per heavy atom. The molecule has 0 heterocycles. The first-order chi connectivity index (χ1) is 10.7. The third kappa shape index (κ3) is 3.61. The van der Waals surface area contributed by atoms with Crippen LogP contribution in [0.2, 0.25) is 12.1 Å². The van der Waals surface area contributed by atoms with E-state index in [-0.39, 0.29) is 9.52 Å². The molecule has 0 radical (unpaired) electrons. The number of benzene rings is 1. The number of rotatable bonds is 3. The Morgan fingerprint density at radius 1 is 0.818 bits per heavy atom. The zero-order valence-electron chi connectivity index (χ0n) is 13.7. The van der Waals surface area contributed by atoms with Gasteiger partial charge in [-0.05, 0) is 61.1 Å². The van der Waals surface area contributed by atoms with Gasteiger partial charge in [-0.2, -0.15) is 0 Å². The lowest BCUT2D eigenvalue weighted by atomic mass is 9.70. The molecule has 1 aromatic rings. The van der Waals surface area contributed by atoms with Crippen molar-refractivity contribution in [2.24, 2.45) is 11.8 Å². The molecule has 0 saturated heterocycles. The maximum Gasteiger partial charge on any atom is 0.159 e. The van der Waals surface area contributed by atoms with Crippen LogP contribution in [0.5, 0.6) is 0 Å². The van der Waals surface area contributed by atoms with E-state index in [0.29, 0.717) is 5.92 Å². The monoisotopic (exact) mass is 322 g/mol. The predicted octanol–water partition coefficient (Wildman–Crippen LogP) is 5.43. The molecule has 0 aromatic heterocycles. The molecule has 0 spiro atoms. The average molecular weight is 323 g/mol. The van der Waals surface area contributed by atoms with Crippen molar-refractivity contribution in [2.45, 2.75) is 69.4 Å². The first-order valence-corrected chi connectivity index (χ1v) is 11.4. The van der Waals surface area contributed by atoms with Crippen molar-refractivity contribution in [1.82, 2.24) is 0 Å². The summed E-state index contributed by atoms with van der Waals surface area (Å²) in [5.41, 5.74) is 2.10. The highest BCUT2D eigenvalue weighted by atomic mass is 28.2. The van der Waals surface area contributed by atoms with Crippen LogP contribution < -0.4 is 0 Å². The molecule has 22 heavy (non-hydrogen) atoms. The molecule has 3 rings (SSSR count). The summed E-state index contributed by atoms with van der Waals surface area (Å²) < 4.78 is 26.5. The Labute approximate surface area is 135 Å². The van der Waals surface area contributed by atoms with Gasteiger partial charge in [0.05, 0.1) is 0 Å². The van der Waals surface area contributed by atoms with E-state index in [4.69, 9.17) is 0 Å². The molecule has 2 saturated carbocycles. The summed E-state index contributed by atoms with van der Waals surface area (Å²) in [5.74, 6) is 0.852. The van der Waals surface area contributed by atoms with Gasteiger partial charge in [0.1, 0.15) is 0 Å². The molecule has 0 unspecified atom stereocenters. The molecule has 2 aliphatic rings. The normalized spacial score (nSPS) is 33.4. The molecule has 1 aromatic carbocycles. The number of halogens is 2. The quantitative estimate of drug-likeness (QED) is 0.651. The van der Waals surface area contributed by atoms with Crippen LogP contribution in [0.25, 0.3) is 0 Å². The standard InChI is InChI=1S/C19H28F2Si/c1-22-17-9-6-14(7-10-17)13-2-4-15(5-3-13)16-8-11-18(20)19(21)12-16/h8,11-15,17H,2-7,9-10,22H2,1H3/t13?,14-,15?,17-. The summed E-state index contributed by atoms with van der Waals surface area (Å²) in [4.78, 5) is 0. The molecule has 0 bridgehead atoms. The second-order valence-corrected chi connectivity index (χ2v) is 9.45. The molecule has 0 amide bonds. The molecular weight excluding hydrogens is 294 g/mol. The van der Waals surface area contributed by atoms with Gasteiger partial charge in [0.25, 0.3) is 0 Å². The van der Waals surface area contributed by atoms with Crippen molar-refractivity contribution in [3.8, 4) is 0 Å². The highest BCUT2D eigenvalue weighted by Gasteiger charge is 2.31. The highest BCUT2D eigenvalue weighted by molar-refractivity contribution is 6.35. The van der Waals surface area contributed by atoms with E-state index in [0.717, 1.165) is 35.8 Å². The van der Waals surface area contributed by atoms with Crippen LogP contribution in [-0.2, 0) is 0 Å². The van der Waals surface area contributed by atoms with Gasteiger partial charge in [0.2, 0.25) is 0 Å². The van der Waals surface area contributed by atoms with Crippen molar-refractivity contribution < 1.29 is 8.78 Å². The zero-order valence-corrected chi connectivity index (χ0v) is 15.1. The van der Waals surface area contributed by atoms with Crippen molar-refractivity contribution in [3.05, 3.63) is 35.4 Å². The van der Waals surface area contributed by atoms with Gasteiger partial charge < -0.3 is 0 Å². The summed E-state index contributed by atoms with van der Waals surface area (Å²) in [5, 5.41) is 0. The van der Waals surface area contributed by atoms with E-state index in [1.807, 2.05) is 0 Å². The minimum atomic E-state index is -0.728. The predicted molar refractivity (Wildman–Crippen MR) is 91.2 cm³/mol. The van der Waals surface area contributed by atoms with Crippen LogP contribution in [0.4, 0.5) is 8.78 Å². The third-order valence-corrected chi connectivity index (χ3v) is 8.29. The Bertz CT molecular complexity index is 486. The summed E-state index contributed by atoms with van der Waals surface area (Å²) in [6.07, 6.45) is 10.7. The lowest BCUT2D eigenvalue weighted by Gasteiger charge is -2.37. The van der Waals surface area contributed by atoms with Crippen LogP contribution in [0.3, 0.4) is 0 Å². The smallest absolute Gasteiger partial charge is 0.159 e. The van der Waals surface area contributed by atoms with Crippen LogP contribution in [0.15, 0.2) is 18.2 Å². The van der Waals surface area contributed by atoms with E-state index < -0.39 is 11.6 Å². The lowest BCUT2D eigenvalue weighted by molar-refractivity contribution is 0.186. The van der Waals surface area contributed by atoms with Crippen molar-refractivity contribution in [3.63, 3.8) is 0 Å². The molecule has 2 fully saturated rings. The molecule has 0 aliphatic heterocycles. The molecule has 2 aliphatic carbocycles. The Balaban J connectivity index is 1.53. The fourth-order valence-electron chi connectivity index (χ4n) is 4.76. The van der Waals surface area contributed by atoms with Gasteiger partial charge in [-0.1, -0.05) is 43.8 Å². The Morgan fingerprint density at radius 3 is 1.95 bits per heavy atom. The van der Waals surface area contributed by atoms with Gasteiger partial charge in [0.15, 0.2) is 11.6 Å². The Kier molecular flexibility index (Phi) is 5.32. The minimum Gasteiger partial charge on any atom is -0.204 e. The minimum absolute atomic E-state index is 0.200. The fraction of sp³-hybridized carbons (Fsp3) is 0.684. The van der Waals surface area contributed by atoms with Crippen LogP contribution in [0, 0.1) is 23.5 Å². The maximum atomic E-state index is 13.4. The highest BCUT2D eigenvalue weighted by Crippen LogP contribution is 2.44. The number of hydrogen-bond donors (Lipinski definition) is 0. The number of hydrogen-bond acceptors (Lipinski definition) is 0. The summed E-state index contributed by atoms with van der Waals surface area (Å²) in [6.45, 7) is 2.46. The van der Waals surface area contributed by atoms with E-state index >= 15 is 0 Å². The molecule has 3 heteroatoms. The topological polar surface area (TPSA) is 0 Å². The van der Waals surface area contributed by atoms with Gasteiger partial charge in [-0.25, -0.2) is 8.78 Å².